The summed E-state index contributed by atoms with van der Waals surface area (Å²) < 4.78 is 27.7. The first-order valence-electron chi connectivity index (χ1n) is 7.18. The maximum Gasteiger partial charge on any atom is 0.335 e. The Kier molecular flexibility index (Phi) is 5.38. The molecule has 0 spiro atoms. The maximum absolute atomic E-state index is 12.5. The van der Waals surface area contributed by atoms with Crippen LogP contribution >= 0.6 is 0 Å². The second-order valence-electron chi connectivity index (χ2n) is 5.27. The normalized spacial score (nSPS) is 15.9. The summed E-state index contributed by atoms with van der Waals surface area (Å²) in [5.74, 6) is -1.19. The number of benzene rings is 1. The predicted molar refractivity (Wildman–Crippen MR) is 81.6 cm³/mol. The molecule has 122 valence electrons. The van der Waals surface area contributed by atoms with Gasteiger partial charge in [0.25, 0.3) is 0 Å². The summed E-state index contributed by atoms with van der Waals surface area (Å²) in [6.45, 7) is 0.0224. The summed E-state index contributed by atoms with van der Waals surface area (Å²) in [6.07, 6.45) is 3.55. The molecule has 0 radical (unpaired) electrons. The summed E-state index contributed by atoms with van der Waals surface area (Å²) in [6, 6.07) is 3.77. The molecule has 8 heteroatoms. The number of nitrogens with one attached hydrogen (secondary N) is 2. The molecule has 22 heavy (non-hydrogen) atoms. The number of sulfonamides is 1. The Morgan fingerprint density at radius 3 is 2.55 bits per heavy atom. The molecule has 4 N–H and O–H groups in total. The molecule has 0 heterocycles. The zero-order valence-electron chi connectivity index (χ0n) is 12.1. The average molecular weight is 328 g/mol. The van der Waals surface area contributed by atoms with Crippen molar-refractivity contribution in [2.24, 2.45) is 0 Å². The largest absolute Gasteiger partial charge is 0.478 e. The van der Waals surface area contributed by atoms with Crippen molar-refractivity contribution in [2.45, 2.75) is 36.6 Å². The minimum atomic E-state index is -3.82. The Bertz CT molecular complexity index is 639. The minimum Gasteiger partial charge on any atom is -0.478 e. The van der Waals surface area contributed by atoms with Crippen molar-refractivity contribution < 1.29 is 23.4 Å². The van der Waals surface area contributed by atoms with Crippen LogP contribution in [-0.4, -0.2) is 43.8 Å². The van der Waals surface area contributed by atoms with Gasteiger partial charge in [-0.1, -0.05) is 12.8 Å². The molecule has 1 aromatic rings. The molecule has 0 aliphatic heterocycles. The van der Waals surface area contributed by atoms with Crippen LogP contribution in [0.3, 0.4) is 0 Å². The molecule has 1 aliphatic carbocycles. The molecule has 1 aliphatic rings. The number of aliphatic hydroxyl groups is 1. The first-order valence-corrected chi connectivity index (χ1v) is 8.67. The molecule has 0 aromatic heterocycles. The second-order valence-corrected chi connectivity index (χ2v) is 6.95. The van der Waals surface area contributed by atoms with Crippen LogP contribution in [0.5, 0.6) is 0 Å². The van der Waals surface area contributed by atoms with Crippen LogP contribution in [0, 0.1) is 0 Å². The summed E-state index contributed by atoms with van der Waals surface area (Å²) in [5, 5.41) is 20.7. The fourth-order valence-electron chi connectivity index (χ4n) is 2.54. The lowest BCUT2D eigenvalue weighted by atomic mass is 10.2. The van der Waals surface area contributed by atoms with Crippen molar-refractivity contribution in [3.63, 3.8) is 0 Å². The molecular weight excluding hydrogens is 308 g/mol. The fourth-order valence-corrected chi connectivity index (χ4v) is 4.05. The van der Waals surface area contributed by atoms with E-state index in [1.54, 1.807) is 0 Å². The zero-order valence-corrected chi connectivity index (χ0v) is 12.9. The molecule has 0 atom stereocenters. The summed E-state index contributed by atoms with van der Waals surface area (Å²) in [5.41, 5.74) is 0.186. The third kappa shape index (κ3) is 3.96. The van der Waals surface area contributed by atoms with Gasteiger partial charge in [0.2, 0.25) is 10.0 Å². The third-order valence-corrected chi connectivity index (χ3v) is 5.18. The second kappa shape index (κ2) is 7.08. The van der Waals surface area contributed by atoms with Gasteiger partial charge in [0, 0.05) is 12.6 Å². The lowest BCUT2D eigenvalue weighted by molar-refractivity contribution is 0.0696. The SMILES string of the molecule is O=C(O)c1ccc(NCCO)c(S(=O)(=O)NC2CCCC2)c1. The molecule has 0 unspecified atom stereocenters. The quantitative estimate of drug-likeness (QED) is 0.594. The van der Waals surface area contributed by atoms with Crippen LogP contribution in [0.15, 0.2) is 23.1 Å². The van der Waals surface area contributed by atoms with Gasteiger partial charge < -0.3 is 15.5 Å². The van der Waals surface area contributed by atoms with Gasteiger partial charge in [-0.3, -0.25) is 0 Å². The van der Waals surface area contributed by atoms with Gasteiger partial charge in [-0.05, 0) is 31.0 Å². The Balaban J connectivity index is 2.35. The van der Waals surface area contributed by atoms with Gasteiger partial charge in [-0.2, -0.15) is 0 Å². The van der Waals surface area contributed by atoms with Crippen LogP contribution in [0.4, 0.5) is 5.69 Å². The molecule has 7 nitrogen and oxygen atoms in total. The number of hydrogen-bond acceptors (Lipinski definition) is 5. The van der Waals surface area contributed by atoms with Crippen molar-refractivity contribution >= 4 is 21.7 Å². The molecule has 0 amide bonds. The monoisotopic (exact) mass is 328 g/mol. The van der Waals surface area contributed by atoms with Gasteiger partial charge in [0.05, 0.1) is 17.9 Å². The van der Waals surface area contributed by atoms with Crippen LogP contribution in [0.2, 0.25) is 0 Å². The highest BCUT2D eigenvalue weighted by molar-refractivity contribution is 7.89. The van der Waals surface area contributed by atoms with Crippen LogP contribution in [0.1, 0.15) is 36.0 Å². The molecule has 1 saturated carbocycles. The lowest BCUT2D eigenvalue weighted by Crippen LogP contribution is -2.33. The van der Waals surface area contributed by atoms with E-state index in [4.69, 9.17) is 10.2 Å². The van der Waals surface area contributed by atoms with Crippen molar-refractivity contribution in [3.8, 4) is 0 Å². The number of hydrogen-bond donors (Lipinski definition) is 4. The van der Waals surface area contributed by atoms with Gasteiger partial charge in [0.1, 0.15) is 4.90 Å². The van der Waals surface area contributed by atoms with E-state index in [1.165, 1.54) is 12.1 Å². The van der Waals surface area contributed by atoms with Gasteiger partial charge in [-0.15, -0.1) is 0 Å². The van der Waals surface area contributed by atoms with Crippen LogP contribution < -0.4 is 10.0 Å². The van der Waals surface area contributed by atoms with Gasteiger partial charge in [-0.25, -0.2) is 17.9 Å². The van der Waals surface area contributed by atoms with Crippen molar-refractivity contribution in [1.29, 1.82) is 0 Å². The first kappa shape index (κ1) is 16.7. The molecule has 1 fully saturated rings. The van der Waals surface area contributed by atoms with E-state index >= 15 is 0 Å². The number of carboxylic acid groups (broad SMARTS) is 1. The van der Waals surface area contributed by atoms with Gasteiger partial charge in [0.15, 0.2) is 0 Å². The first-order chi connectivity index (χ1) is 10.4. The van der Waals surface area contributed by atoms with Crippen molar-refractivity contribution in [2.75, 3.05) is 18.5 Å². The number of carbonyl (C=O) groups is 1. The summed E-state index contributed by atoms with van der Waals surface area (Å²) in [7, 11) is -3.82. The van der Waals surface area contributed by atoms with Crippen molar-refractivity contribution in [3.05, 3.63) is 23.8 Å². The topological polar surface area (TPSA) is 116 Å². The Hall–Kier alpha value is -1.64. The third-order valence-electron chi connectivity index (χ3n) is 3.62. The highest BCUT2D eigenvalue weighted by Crippen LogP contribution is 2.25. The maximum atomic E-state index is 12.5. The number of aliphatic hydroxyl groups excluding tert-OH is 1. The summed E-state index contributed by atoms with van der Waals surface area (Å²) >= 11 is 0. The lowest BCUT2D eigenvalue weighted by Gasteiger charge is -2.16. The Labute approximate surface area is 129 Å². The predicted octanol–water partition coefficient (Wildman–Crippen LogP) is 1.01. The number of aromatic carboxylic acids is 1. The van der Waals surface area contributed by atoms with E-state index in [2.05, 4.69) is 10.0 Å². The van der Waals surface area contributed by atoms with Crippen molar-refractivity contribution in [1.82, 2.24) is 4.72 Å². The Morgan fingerprint density at radius 2 is 1.95 bits per heavy atom. The standard InChI is InChI=1S/C14H20N2O5S/c17-8-7-15-12-6-5-10(14(18)19)9-13(12)22(20,21)16-11-3-1-2-4-11/h5-6,9,11,15-17H,1-4,7-8H2,(H,18,19). The average Bonchev–Trinajstić information content (AvgIpc) is 2.96. The van der Waals surface area contributed by atoms with Crippen LogP contribution in [0.25, 0.3) is 0 Å². The molecular formula is C14H20N2O5S. The molecule has 0 bridgehead atoms. The smallest absolute Gasteiger partial charge is 0.335 e. The van der Waals surface area contributed by atoms with E-state index in [1.807, 2.05) is 0 Å². The fraction of sp³-hybridized carbons (Fsp3) is 0.500. The number of carboxylic acids is 1. The molecule has 0 saturated heterocycles. The Morgan fingerprint density at radius 1 is 1.27 bits per heavy atom. The van der Waals surface area contributed by atoms with E-state index in [0.717, 1.165) is 31.7 Å². The van der Waals surface area contributed by atoms with E-state index < -0.39 is 16.0 Å². The molecule has 1 aromatic carbocycles. The van der Waals surface area contributed by atoms with Crippen LogP contribution in [-0.2, 0) is 10.0 Å². The van der Waals surface area contributed by atoms with Gasteiger partial charge >= 0.3 is 5.97 Å². The number of anilines is 1. The number of rotatable bonds is 7. The highest BCUT2D eigenvalue weighted by atomic mass is 32.2. The highest BCUT2D eigenvalue weighted by Gasteiger charge is 2.26. The van der Waals surface area contributed by atoms with E-state index in [9.17, 15) is 13.2 Å². The molecule has 2 rings (SSSR count). The zero-order chi connectivity index (χ0) is 16.2. The minimum absolute atomic E-state index is 0.0960. The van der Waals surface area contributed by atoms with E-state index in [0.29, 0.717) is 0 Å². The van der Waals surface area contributed by atoms with E-state index in [-0.39, 0.29) is 35.3 Å². The summed E-state index contributed by atoms with van der Waals surface area (Å²) in [4.78, 5) is 11.0.